The fraction of sp³-hybridized carbons (Fsp3) is 0.429. The first-order chi connectivity index (χ1) is 8.55. The van der Waals surface area contributed by atoms with Gasteiger partial charge in [-0.2, -0.15) is 0 Å². The summed E-state index contributed by atoms with van der Waals surface area (Å²) in [6.45, 7) is 2.07. The number of carboxylic acids is 1. The van der Waals surface area contributed by atoms with Gasteiger partial charge < -0.3 is 10.4 Å². The first-order valence-corrected chi connectivity index (χ1v) is 6.18. The third kappa shape index (κ3) is 2.70. The fourth-order valence-electron chi connectivity index (χ4n) is 1.91. The van der Waals surface area contributed by atoms with Crippen LogP contribution in [0.4, 0.5) is 0 Å². The lowest BCUT2D eigenvalue weighted by molar-refractivity contribution is -0.143. The van der Waals surface area contributed by atoms with Gasteiger partial charge in [0.25, 0.3) is 0 Å². The predicted octanol–water partition coefficient (Wildman–Crippen LogP) is 1.52. The van der Waals surface area contributed by atoms with E-state index in [1.165, 1.54) is 5.56 Å². The molecule has 0 saturated heterocycles. The second kappa shape index (κ2) is 4.80. The Morgan fingerprint density at radius 2 is 1.78 bits per heavy atom. The number of hydrogen-bond acceptors (Lipinski definition) is 2. The van der Waals surface area contributed by atoms with Crippen LogP contribution in [0.2, 0.25) is 0 Å². The summed E-state index contributed by atoms with van der Waals surface area (Å²) >= 11 is 0. The van der Waals surface area contributed by atoms with Crippen LogP contribution in [0, 0.1) is 0 Å². The molecule has 0 heterocycles. The van der Waals surface area contributed by atoms with Crippen molar-refractivity contribution in [2.24, 2.45) is 0 Å². The molecule has 0 radical (unpaired) electrons. The average Bonchev–Trinajstić information content (AvgIpc) is 3.11. The smallest absolute Gasteiger partial charge is 0.329 e. The lowest BCUT2D eigenvalue weighted by atomic mass is 10.1. The van der Waals surface area contributed by atoms with Crippen molar-refractivity contribution in [3.63, 3.8) is 0 Å². The third-order valence-electron chi connectivity index (χ3n) is 3.33. The molecule has 1 aromatic carbocycles. The topological polar surface area (TPSA) is 66.4 Å². The molecule has 1 amide bonds. The van der Waals surface area contributed by atoms with Gasteiger partial charge in [-0.05, 0) is 30.4 Å². The number of rotatable bonds is 5. The Kier molecular flexibility index (Phi) is 3.36. The molecule has 0 atom stereocenters. The zero-order valence-electron chi connectivity index (χ0n) is 10.4. The van der Waals surface area contributed by atoms with E-state index in [-0.39, 0.29) is 12.3 Å². The lowest BCUT2D eigenvalue weighted by Gasteiger charge is -2.12. The number of carbonyl (C=O) groups is 2. The van der Waals surface area contributed by atoms with Crippen LogP contribution in [0.1, 0.15) is 30.9 Å². The second-order valence-electron chi connectivity index (χ2n) is 4.78. The Bertz CT molecular complexity index is 460. The van der Waals surface area contributed by atoms with E-state index in [4.69, 9.17) is 5.11 Å². The molecular formula is C14H17NO3. The van der Waals surface area contributed by atoms with Crippen LogP contribution in [0.15, 0.2) is 24.3 Å². The fourth-order valence-corrected chi connectivity index (χ4v) is 1.91. The molecule has 1 fully saturated rings. The maximum atomic E-state index is 11.8. The Morgan fingerprint density at radius 1 is 1.22 bits per heavy atom. The standard InChI is InChI=1S/C14H17NO3/c1-2-10-3-5-11(6-4-10)9-12(16)15-14(7-8-14)13(17)18/h3-6H,2,7-9H2,1H3,(H,15,16)(H,17,18). The third-order valence-corrected chi connectivity index (χ3v) is 3.33. The quantitative estimate of drug-likeness (QED) is 0.829. The number of aliphatic carboxylic acids is 1. The Balaban J connectivity index is 1.93. The Hall–Kier alpha value is -1.84. The Morgan fingerprint density at radius 3 is 2.22 bits per heavy atom. The zero-order chi connectivity index (χ0) is 13.2. The van der Waals surface area contributed by atoms with Gasteiger partial charge in [0.05, 0.1) is 6.42 Å². The molecule has 2 rings (SSSR count). The van der Waals surface area contributed by atoms with Crippen molar-refractivity contribution in [3.05, 3.63) is 35.4 Å². The van der Waals surface area contributed by atoms with Gasteiger partial charge in [-0.3, -0.25) is 4.79 Å². The maximum absolute atomic E-state index is 11.8. The minimum atomic E-state index is -0.986. The van der Waals surface area contributed by atoms with Crippen LogP contribution in [-0.2, 0) is 22.4 Å². The molecule has 4 heteroatoms. The van der Waals surface area contributed by atoms with Crippen molar-refractivity contribution in [2.75, 3.05) is 0 Å². The zero-order valence-corrected chi connectivity index (χ0v) is 10.4. The van der Waals surface area contributed by atoms with Gasteiger partial charge in [-0.15, -0.1) is 0 Å². The number of carbonyl (C=O) groups excluding carboxylic acids is 1. The minimum Gasteiger partial charge on any atom is -0.480 e. The average molecular weight is 247 g/mol. The van der Waals surface area contributed by atoms with Crippen molar-refractivity contribution in [3.8, 4) is 0 Å². The normalized spacial score (nSPS) is 16.1. The SMILES string of the molecule is CCc1ccc(CC(=O)NC2(C(=O)O)CC2)cc1. The molecule has 1 aromatic rings. The van der Waals surface area contributed by atoms with Crippen LogP contribution in [-0.4, -0.2) is 22.5 Å². The molecule has 0 spiro atoms. The summed E-state index contributed by atoms with van der Waals surface area (Å²) in [5.41, 5.74) is 1.15. The predicted molar refractivity (Wildman–Crippen MR) is 67.3 cm³/mol. The van der Waals surface area contributed by atoms with Crippen LogP contribution < -0.4 is 5.32 Å². The van der Waals surface area contributed by atoms with Gasteiger partial charge in [-0.1, -0.05) is 31.2 Å². The highest BCUT2D eigenvalue weighted by atomic mass is 16.4. The Labute approximate surface area is 106 Å². The van der Waals surface area contributed by atoms with Gasteiger partial charge >= 0.3 is 5.97 Å². The van der Waals surface area contributed by atoms with E-state index in [9.17, 15) is 9.59 Å². The molecule has 0 bridgehead atoms. The van der Waals surface area contributed by atoms with E-state index in [1.54, 1.807) is 0 Å². The second-order valence-corrected chi connectivity index (χ2v) is 4.78. The summed E-state index contributed by atoms with van der Waals surface area (Å²) in [4.78, 5) is 22.7. The molecule has 2 N–H and O–H groups in total. The van der Waals surface area contributed by atoms with Crippen LogP contribution in [0.3, 0.4) is 0 Å². The number of benzene rings is 1. The number of carboxylic acid groups (broad SMARTS) is 1. The summed E-state index contributed by atoms with van der Waals surface area (Å²) < 4.78 is 0. The van der Waals surface area contributed by atoms with Gasteiger partial charge in [0, 0.05) is 0 Å². The molecule has 4 nitrogen and oxygen atoms in total. The van der Waals surface area contributed by atoms with Crippen molar-refractivity contribution >= 4 is 11.9 Å². The maximum Gasteiger partial charge on any atom is 0.329 e. The van der Waals surface area contributed by atoms with Crippen molar-refractivity contribution in [1.29, 1.82) is 0 Å². The van der Waals surface area contributed by atoms with Crippen LogP contribution in [0.25, 0.3) is 0 Å². The summed E-state index contributed by atoms with van der Waals surface area (Å²) in [7, 11) is 0. The highest BCUT2D eigenvalue weighted by Gasteiger charge is 2.51. The van der Waals surface area contributed by atoms with Gasteiger partial charge in [0.1, 0.15) is 5.54 Å². The largest absolute Gasteiger partial charge is 0.480 e. The molecule has 96 valence electrons. The monoisotopic (exact) mass is 247 g/mol. The molecule has 0 unspecified atom stereocenters. The van der Waals surface area contributed by atoms with Gasteiger partial charge in [-0.25, -0.2) is 4.79 Å². The molecule has 1 aliphatic carbocycles. The molecule has 0 aromatic heterocycles. The lowest BCUT2D eigenvalue weighted by Crippen LogP contribution is -2.43. The number of aryl methyl sites for hydroxylation is 1. The first kappa shape index (κ1) is 12.6. The molecular weight excluding hydrogens is 230 g/mol. The molecule has 1 aliphatic rings. The van der Waals surface area contributed by atoms with E-state index >= 15 is 0 Å². The van der Waals surface area contributed by atoms with E-state index in [2.05, 4.69) is 12.2 Å². The molecule has 1 saturated carbocycles. The van der Waals surface area contributed by atoms with Gasteiger partial charge in [0.15, 0.2) is 0 Å². The van der Waals surface area contributed by atoms with Gasteiger partial charge in [0.2, 0.25) is 5.91 Å². The minimum absolute atomic E-state index is 0.223. The van der Waals surface area contributed by atoms with Crippen LogP contribution in [0.5, 0.6) is 0 Å². The summed E-state index contributed by atoms with van der Waals surface area (Å²) in [6, 6.07) is 7.82. The highest BCUT2D eigenvalue weighted by molar-refractivity contribution is 5.90. The molecule has 18 heavy (non-hydrogen) atoms. The van der Waals surface area contributed by atoms with Crippen molar-refractivity contribution < 1.29 is 14.7 Å². The van der Waals surface area contributed by atoms with E-state index in [1.807, 2.05) is 24.3 Å². The molecule has 0 aliphatic heterocycles. The van der Waals surface area contributed by atoms with E-state index in [0.29, 0.717) is 12.8 Å². The van der Waals surface area contributed by atoms with Crippen LogP contribution >= 0.6 is 0 Å². The van der Waals surface area contributed by atoms with E-state index < -0.39 is 11.5 Å². The number of hydrogen-bond donors (Lipinski definition) is 2. The van der Waals surface area contributed by atoms with Crippen molar-refractivity contribution in [2.45, 2.75) is 38.1 Å². The number of nitrogens with one attached hydrogen (secondary N) is 1. The van der Waals surface area contributed by atoms with E-state index in [0.717, 1.165) is 12.0 Å². The number of amides is 1. The highest BCUT2D eigenvalue weighted by Crippen LogP contribution is 2.35. The first-order valence-electron chi connectivity index (χ1n) is 6.18. The summed E-state index contributed by atoms with van der Waals surface area (Å²) in [5.74, 6) is -1.16. The summed E-state index contributed by atoms with van der Waals surface area (Å²) in [5, 5.41) is 11.6. The van der Waals surface area contributed by atoms with Crippen molar-refractivity contribution in [1.82, 2.24) is 5.32 Å². The summed E-state index contributed by atoms with van der Waals surface area (Å²) in [6.07, 6.45) is 2.26.